The third kappa shape index (κ3) is 5.65. The number of pyridine rings is 1. The van der Waals surface area contributed by atoms with Crippen LogP contribution in [0.25, 0.3) is 22.3 Å². The molecule has 1 atom stereocenters. The number of nitrogen functional groups attached to an aromatic ring is 1. The summed E-state index contributed by atoms with van der Waals surface area (Å²) in [6, 6.07) is 7.85. The minimum Gasteiger partial charge on any atom is -0.368 e. The summed E-state index contributed by atoms with van der Waals surface area (Å²) in [4.78, 5) is 16.7. The average molecular weight is 507 g/mol. The first-order chi connectivity index (χ1) is 16.4. The fourth-order valence-electron chi connectivity index (χ4n) is 3.57. The van der Waals surface area contributed by atoms with E-state index in [9.17, 15) is 21.6 Å². The van der Waals surface area contributed by atoms with Crippen LogP contribution in [0.1, 0.15) is 18.4 Å². The minimum atomic E-state index is -4.50. The molecule has 10 nitrogen and oxygen atoms in total. The zero-order chi connectivity index (χ0) is 25.4. The van der Waals surface area contributed by atoms with Gasteiger partial charge in [-0.1, -0.05) is 19.1 Å². The van der Waals surface area contributed by atoms with Crippen LogP contribution in [0.3, 0.4) is 0 Å². The van der Waals surface area contributed by atoms with Crippen LogP contribution in [0.5, 0.6) is 0 Å². The summed E-state index contributed by atoms with van der Waals surface area (Å²) in [6.07, 6.45) is -0.493. The van der Waals surface area contributed by atoms with E-state index in [1.165, 1.54) is 24.8 Å². The molecule has 0 spiro atoms. The number of nitrogens with zero attached hydrogens (tertiary/aromatic N) is 6. The van der Waals surface area contributed by atoms with Gasteiger partial charge in [0.2, 0.25) is 5.95 Å². The molecule has 184 valence electrons. The molecule has 14 heteroatoms. The number of hydrogen-bond acceptors (Lipinski definition) is 9. The Morgan fingerprint density at radius 3 is 2.57 bits per heavy atom. The Kier molecular flexibility index (Phi) is 6.32. The second-order valence-corrected chi connectivity index (χ2v) is 10.0. The minimum absolute atomic E-state index is 0.0751. The van der Waals surface area contributed by atoms with E-state index in [0.29, 0.717) is 23.4 Å². The molecule has 0 radical (unpaired) electrons. The fourth-order valence-corrected chi connectivity index (χ4v) is 4.24. The van der Waals surface area contributed by atoms with Gasteiger partial charge in [0.25, 0.3) is 0 Å². The van der Waals surface area contributed by atoms with Crippen LogP contribution in [0.15, 0.2) is 47.9 Å². The van der Waals surface area contributed by atoms with Gasteiger partial charge in [-0.05, 0) is 23.8 Å². The van der Waals surface area contributed by atoms with Crippen LogP contribution in [0.2, 0.25) is 0 Å². The van der Waals surface area contributed by atoms with Gasteiger partial charge in [0.15, 0.2) is 15.7 Å². The topological polar surface area (TPSA) is 142 Å². The smallest absolute Gasteiger partial charge is 0.368 e. The first kappa shape index (κ1) is 24.3. The van der Waals surface area contributed by atoms with Crippen molar-refractivity contribution in [1.82, 2.24) is 29.7 Å². The molecule has 4 rings (SSSR count). The predicted molar refractivity (Wildman–Crippen MR) is 123 cm³/mol. The Bertz CT molecular complexity index is 1470. The Hall–Kier alpha value is -3.81. The maximum atomic E-state index is 12.9. The number of rotatable bonds is 7. The summed E-state index contributed by atoms with van der Waals surface area (Å²) >= 11 is 0. The Labute approximate surface area is 198 Å². The summed E-state index contributed by atoms with van der Waals surface area (Å²) in [5.41, 5.74) is 7.59. The van der Waals surface area contributed by atoms with Crippen molar-refractivity contribution in [2.75, 3.05) is 23.9 Å². The van der Waals surface area contributed by atoms with E-state index >= 15 is 0 Å². The molecular formula is C21H21F3N8O2S. The second kappa shape index (κ2) is 9.09. The molecule has 0 aliphatic heterocycles. The van der Waals surface area contributed by atoms with Crippen molar-refractivity contribution in [3.8, 4) is 11.3 Å². The number of aromatic nitrogens is 6. The van der Waals surface area contributed by atoms with Gasteiger partial charge >= 0.3 is 6.18 Å². The van der Waals surface area contributed by atoms with Crippen LogP contribution in [0, 0.1) is 0 Å². The third-order valence-corrected chi connectivity index (χ3v) is 6.28. The standard InChI is InChI=1S/C21H21F3N8O2S/c1-12(8-32-11-26-10-28-32)15-7-16(13-4-3-5-14(6-13)35(2,33)34)29-18-17(15)30-20(25)31-19(18)27-9-21(22,23)24/h3-7,10-12H,8-9H2,1-2H3,(H3,25,27,30,31)/t12-/m0/s1. The predicted octanol–water partition coefficient (Wildman–Crippen LogP) is 3.05. The maximum absolute atomic E-state index is 12.9. The number of hydrogen-bond donors (Lipinski definition) is 2. The highest BCUT2D eigenvalue weighted by Gasteiger charge is 2.28. The molecular weight excluding hydrogens is 485 g/mol. The van der Waals surface area contributed by atoms with E-state index in [-0.39, 0.29) is 33.6 Å². The molecule has 0 aliphatic rings. The summed E-state index contributed by atoms with van der Waals surface area (Å²) in [6.45, 7) is 0.920. The molecule has 0 unspecified atom stereocenters. The highest BCUT2D eigenvalue weighted by atomic mass is 32.2. The van der Waals surface area contributed by atoms with E-state index < -0.39 is 22.6 Å². The van der Waals surface area contributed by atoms with Gasteiger partial charge in [-0.25, -0.2) is 23.4 Å². The van der Waals surface area contributed by atoms with E-state index in [0.717, 1.165) is 6.26 Å². The quantitative estimate of drug-likeness (QED) is 0.387. The zero-order valence-corrected chi connectivity index (χ0v) is 19.5. The van der Waals surface area contributed by atoms with Gasteiger partial charge in [0, 0.05) is 24.3 Å². The van der Waals surface area contributed by atoms with Gasteiger partial charge in [0.05, 0.1) is 10.6 Å². The number of benzene rings is 1. The van der Waals surface area contributed by atoms with Gasteiger partial charge in [-0.3, -0.25) is 4.68 Å². The van der Waals surface area contributed by atoms with E-state index in [1.54, 1.807) is 22.9 Å². The summed E-state index contributed by atoms with van der Waals surface area (Å²) in [5.74, 6) is -0.644. The lowest BCUT2D eigenvalue weighted by Crippen LogP contribution is -2.22. The number of sulfone groups is 1. The molecule has 0 amide bonds. The van der Waals surface area contributed by atoms with Crippen LogP contribution in [-0.2, 0) is 16.4 Å². The average Bonchev–Trinajstić information content (AvgIpc) is 3.28. The van der Waals surface area contributed by atoms with Crippen molar-refractivity contribution in [2.45, 2.75) is 30.5 Å². The zero-order valence-electron chi connectivity index (χ0n) is 18.7. The maximum Gasteiger partial charge on any atom is 0.405 e. The van der Waals surface area contributed by atoms with Crippen LogP contribution in [0.4, 0.5) is 24.9 Å². The molecule has 3 aromatic heterocycles. The highest BCUT2D eigenvalue weighted by Crippen LogP contribution is 2.33. The molecule has 3 N–H and O–H groups in total. The Balaban J connectivity index is 1.92. The summed E-state index contributed by atoms with van der Waals surface area (Å²) < 4.78 is 64.5. The molecule has 0 bridgehead atoms. The van der Waals surface area contributed by atoms with Gasteiger partial charge in [-0.15, -0.1) is 0 Å². The first-order valence-electron chi connectivity index (χ1n) is 10.3. The number of anilines is 2. The number of alkyl halides is 3. The highest BCUT2D eigenvalue weighted by molar-refractivity contribution is 7.90. The number of nitrogens with two attached hydrogens (primary N) is 1. The monoisotopic (exact) mass is 506 g/mol. The molecule has 0 saturated carbocycles. The third-order valence-electron chi connectivity index (χ3n) is 5.17. The normalized spacial score (nSPS) is 13.2. The molecule has 0 saturated heterocycles. The number of nitrogens with one attached hydrogen (secondary N) is 1. The van der Waals surface area contributed by atoms with Gasteiger partial charge < -0.3 is 11.1 Å². The number of fused-ring (bicyclic) bond motifs is 1. The van der Waals surface area contributed by atoms with Crippen molar-refractivity contribution >= 4 is 32.6 Å². The van der Waals surface area contributed by atoms with Crippen molar-refractivity contribution < 1.29 is 21.6 Å². The van der Waals surface area contributed by atoms with Crippen LogP contribution < -0.4 is 11.1 Å². The second-order valence-electron chi connectivity index (χ2n) is 8.01. The molecule has 35 heavy (non-hydrogen) atoms. The largest absolute Gasteiger partial charge is 0.405 e. The summed E-state index contributed by atoms with van der Waals surface area (Å²) in [5, 5.41) is 6.35. The lowest BCUT2D eigenvalue weighted by molar-refractivity contribution is -0.115. The number of halogens is 3. The van der Waals surface area contributed by atoms with Gasteiger partial charge in [0.1, 0.15) is 30.2 Å². The van der Waals surface area contributed by atoms with Crippen molar-refractivity contribution in [3.05, 3.63) is 48.5 Å². The van der Waals surface area contributed by atoms with Crippen molar-refractivity contribution in [2.24, 2.45) is 0 Å². The van der Waals surface area contributed by atoms with E-state index in [4.69, 9.17) is 5.73 Å². The molecule has 4 aromatic rings. The molecule has 3 heterocycles. The van der Waals surface area contributed by atoms with Crippen molar-refractivity contribution in [3.63, 3.8) is 0 Å². The van der Waals surface area contributed by atoms with Crippen LogP contribution in [-0.4, -0.2) is 57.1 Å². The van der Waals surface area contributed by atoms with E-state index in [2.05, 4.69) is 30.4 Å². The fraction of sp³-hybridized carbons (Fsp3) is 0.286. The first-order valence-corrected chi connectivity index (χ1v) is 12.2. The lowest BCUT2D eigenvalue weighted by Gasteiger charge is -2.18. The van der Waals surface area contributed by atoms with Crippen LogP contribution >= 0.6 is 0 Å². The molecule has 1 aromatic carbocycles. The summed E-state index contributed by atoms with van der Waals surface area (Å²) in [7, 11) is -3.50. The Morgan fingerprint density at radius 1 is 1.14 bits per heavy atom. The molecule has 0 aliphatic carbocycles. The van der Waals surface area contributed by atoms with Crippen molar-refractivity contribution in [1.29, 1.82) is 0 Å². The Morgan fingerprint density at radius 2 is 1.91 bits per heavy atom. The van der Waals surface area contributed by atoms with E-state index in [1.807, 2.05) is 6.92 Å². The van der Waals surface area contributed by atoms with Gasteiger partial charge in [-0.2, -0.15) is 23.3 Å². The SMILES string of the molecule is C[C@@H](Cn1cncn1)c1cc(-c2cccc(S(C)(=O)=O)c2)nc2c(NCC(F)(F)F)nc(N)nc12. The lowest BCUT2D eigenvalue weighted by atomic mass is 9.97. The molecule has 0 fully saturated rings.